The molecule has 2 fully saturated rings. The molecule has 2 unspecified atom stereocenters. The molecule has 7 nitrogen and oxygen atoms in total. The van der Waals surface area contributed by atoms with Crippen LogP contribution in [-0.4, -0.2) is 58.5 Å². The average Bonchev–Trinajstić information content (AvgIpc) is 3.16. The van der Waals surface area contributed by atoms with Gasteiger partial charge in [0.05, 0.1) is 12.0 Å². The van der Waals surface area contributed by atoms with Gasteiger partial charge in [0.2, 0.25) is 5.91 Å². The van der Waals surface area contributed by atoms with Crippen molar-refractivity contribution in [3.05, 3.63) is 29.3 Å². The Balaban J connectivity index is 1.57. The highest BCUT2D eigenvalue weighted by Gasteiger charge is 2.40. The smallest absolute Gasteiger partial charge is 0.321 e. The van der Waals surface area contributed by atoms with Crippen LogP contribution in [0.25, 0.3) is 0 Å². The van der Waals surface area contributed by atoms with E-state index in [0.717, 1.165) is 0 Å². The van der Waals surface area contributed by atoms with Gasteiger partial charge in [-0.1, -0.05) is 11.6 Å². The first-order valence-corrected chi connectivity index (χ1v) is 8.15. The molecular formula is C16H18ClN3O4. The number of likely N-dealkylation sites (tertiary alicyclic amines) is 2. The third-order valence-electron chi connectivity index (χ3n) is 4.49. The maximum absolute atomic E-state index is 12.3. The number of carbonyl (C=O) groups is 3. The Bertz CT molecular complexity index is 664. The van der Waals surface area contributed by atoms with E-state index < -0.39 is 11.9 Å². The molecule has 24 heavy (non-hydrogen) atoms. The summed E-state index contributed by atoms with van der Waals surface area (Å²) >= 11 is 5.81. The van der Waals surface area contributed by atoms with E-state index in [1.165, 1.54) is 0 Å². The normalized spacial score (nSPS) is 23.6. The lowest BCUT2D eigenvalue weighted by molar-refractivity contribution is -0.141. The molecule has 2 aliphatic heterocycles. The second-order valence-corrected chi connectivity index (χ2v) is 6.55. The number of carboxylic acid groups (broad SMARTS) is 1. The lowest BCUT2D eigenvalue weighted by atomic mass is 10.1. The molecule has 0 aliphatic carbocycles. The molecule has 128 valence electrons. The Morgan fingerprint density at radius 2 is 1.92 bits per heavy atom. The highest BCUT2D eigenvalue weighted by atomic mass is 35.5. The van der Waals surface area contributed by atoms with Crippen molar-refractivity contribution in [1.29, 1.82) is 0 Å². The molecule has 3 rings (SSSR count). The van der Waals surface area contributed by atoms with Crippen LogP contribution in [0.4, 0.5) is 10.5 Å². The van der Waals surface area contributed by atoms with E-state index in [4.69, 9.17) is 16.7 Å². The van der Waals surface area contributed by atoms with Crippen molar-refractivity contribution in [3.63, 3.8) is 0 Å². The van der Waals surface area contributed by atoms with Crippen molar-refractivity contribution in [2.75, 3.05) is 25.0 Å². The Kier molecular flexibility index (Phi) is 4.62. The number of rotatable bonds is 3. The first kappa shape index (κ1) is 16.6. The molecule has 0 bridgehead atoms. The van der Waals surface area contributed by atoms with E-state index >= 15 is 0 Å². The monoisotopic (exact) mass is 351 g/mol. The predicted octanol–water partition coefficient (Wildman–Crippen LogP) is 1.88. The Morgan fingerprint density at radius 1 is 1.21 bits per heavy atom. The van der Waals surface area contributed by atoms with Gasteiger partial charge in [0.1, 0.15) is 0 Å². The largest absolute Gasteiger partial charge is 0.481 e. The first-order chi connectivity index (χ1) is 11.4. The maximum Gasteiger partial charge on any atom is 0.321 e. The fraction of sp³-hybridized carbons (Fsp3) is 0.438. The van der Waals surface area contributed by atoms with E-state index in [9.17, 15) is 14.4 Å². The summed E-state index contributed by atoms with van der Waals surface area (Å²) in [5, 5.41) is 12.4. The second-order valence-electron chi connectivity index (χ2n) is 6.11. The number of carboxylic acids is 1. The number of urea groups is 1. The van der Waals surface area contributed by atoms with Gasteiger partial charge >= 0.3 is 12.0 Å². The van der Waals surface area contributed by atoms with Crippen molar-refractivity contribution in [1.82, 2.24) is 9.80 Å². The summed E-state index contributed by atoms with van der Waals surface area (Å²) in [7, 11) is 0. The van der Waals surface area contributed by atoms with Crippen LogP contribution >= 0.6 is 11.6 Å². The lowest BCUT2D eigenvalue weighted by Gasteiger charge is -2.24. The summed E-state index contributed by atoms with van der Waals surface area (Å²) < 4.78 is 0. The van der Waals surface area contributed by atoms with Crippen LogP contribution in [0.5, 0.6) is 0 Å². The molecule has 2 N–H and O–H groups in total. The number of benzene rings is 1. The highest BCUT2D eigenvalue weighted by molar-refractivity contribution is 6.30. The van der Waals surface area contributed by atoms with E-state index in [1.807, 2.05) is 0 Å². The number of amides is 3. The zero-order valence-corrected chi connectivity index (χ0v) is 13.7. The van der Waals surface area contributed by atoms with Gasteiger partial charge in [0.25, 0.3) is 0 Å². The van der Waals surface area contributed by atoms with Crippen LogP contribution in [0.2, 0.25) is 5.02 Å². The third-order valence-corrected chi connectivity index (χ3v) is 4.75. The van der Waals surface area contributed by atoms with Crippen LogP contribution in [0.15, 0.2) is 24.3 Å². The minimum Gasteiger partial charge on any atom is -0.481 e. The molecule has 1 aromatic carbocycles. The molecular weight excluding hydrogens is 334 g/mol. The lowest BCUT2D eigenvalue weighted by Crippen LogP contribution is -2.41. The fourth-order valence-corrected chi connectivity index (χ4v) is 3.29. The molecule has 2 aliphatic rings. The first-order valence-electron chi connectivity index (χ1n) is 7.78. The molecule has 2 heterocycles. The standard InChI is InChI=1S/C16H18ClN3O4/c17-11-1-3-12(4-2-11)18-16(24)19-6-5-13(9-19)20-8-10(15(22)23)7-14(20)21/h1-4,10,13H,5-9H2,(H,18,24)(H,22,23). The van der Waals surface area contributed by atoms with Crippen LogP contribution in [0.3, 0.4) is 0 Å². The quantitative estimate of drug-likeness (QED) is 0.870. The number of nitrogens with zero attached hydrogens (tertiary/aromatic N) is 2. The van der Waals surface area contributed by atoms with E-state index in [-0.39, 0.29) is 30.9 Å². The van der Waals surface area contributed by atoms with E-state index in [1.54, 1.807) is 34.1 Å². The van der Waals surface area contributed by atoms with Gasteiger partial charge in [0, 0.05) is 36.8 Å². The summed E-state index contributed by atoms with van der Waals surface area (Å²) in [5.74, 6) is -1.73. The Hall–Kier alpha value is -2.28. The number of halogens is 1. The van der Waals surface area contributed by atoms with Crippen molar-refractivity contribution in [2.24, 2.45) is 5.92 Å². The molecule has 1 aromatic rings. The fourth-order valence-electron chi connectivity index (χ4n) is 3.17. The molecule has 0 aromatic heterocycles. The molecule has 3 amide bonds. The molecule has 0 spiro atoms. The van der Waals surface area contributed by atoms with Crippen LogP contribution < -0.4 is 5.32 Å². The molecule has 2 atom stereocenters. The van der Waals surface area contributed by atoms with Crippen molar-refractivity contribution in [3.8, 4) is 0 Å². The molecule has 0 saturated carbocycles. The number of carbonyl (C=O) groups excluding carboxylic acids is 2. The van der Waals surface area contributed by atoms with Gasteiger partial charge < -0.3 is 20.2 Å². The molecule has 0 radical (unpaired) electrons. The van der Waals surface area contributed by atoms with Crippen molar-refractivity contribution < 1.29 is 19.5 Å². The third kappa shape index (κ3) is 3.46. The van der Waals surface area contributed by atoms with Gasteiger partial charge in [0.15, 0.2) is 0 Å². The minimum absolute atomic E-state index is 0.0444. The highest BCUT2D eigenvalue weighted by Crippen LogP contribution is 2.25. The van der Waals surface area contributed by atoms with Gasteiger partial charge in [-0.3, -0.25) is 9.59 Å². The maximum atomic E-state index is 12.3. The van der Waals surface area contributed by atoms with Gasteiger partial charge in [-0.05, 0) is 30.7 Å². The zero-order chi connectivity index (χ0) is 17.3. The summed E-state index contributed by atoms with van der Waals surface area (Å²) in [6, 6.07) is 6.47. The number of nitrogens with one attached hydrogen (secondary N) is 1. The van der Waals surface area contributed by atoms with Gasteiger partial charge in [-0.2, -0.15) is 0 Å². The van der Waals surface area contributed by atoms with Crippen molar-refractivity contribution in [2.45, 2.75) is 18.9 Å². The van der Waals surface area contributed by atoms with Gasteiger partial charge in [-0.15, -0.1) is 0 Å². The summed E-state index contributed by atoms with van der Waals surface area (Å²) in [5.41, 5.74) is 0.649. The number of aliphatic carboxylic acids is 1. The Morgan fingerprint density at radius 3 is 2.54 bits per heavy atom. The Labute approximate surface area is 144 Å². The van der Waals surface area contributed by atoms with Gasteiger partial charge in [-0.25, -0.2) is 4.79 Å². The SMILES string of the molecule is O=C(O)C1CC(=O)N(C2CCN(C(=O)Nc3ccc(Cl)cc3)C2)C1. The zero-order valence-electron chi connectivity index (χ0n) is 12.9. The van der Waals surface area contributed by atoms with E-state index in [2.05, 4.69) is 5.32 Å². The predicted molar refractivity (Wildman–Crippen MR) is 87.9 cm³/mol. The number of hydrogen-bond acceptors (Lipinski definition) is 3. The number of hydrogen-bond donors (Lipinski definition) is 2. The van der Waals surface area contributed by atoms with E-state index in [0.29, 0.717) is 30.2 Å². The average molecular weight is 352 g/mol. The number of anilines is 1. The van der Waals surface area contributed by atoms with Crippen molar-refractivity contribution >= 4 is 35.2 Å². The topological polar surface area (TPSA) is 90.0 Å². The molecule has 2 saturated heterocycles. The van der Waals surface area contributed by atoms with Crippen LogP contribution in [-0.2, 0) is 9.59 Å². The summed E-state index contributed by atoms with van der Waals surface area (Å²) in [6.45, 7) is 1.18. The van der Waals surface area contributed by atoms with Crippen LogP contribution in [0, 0.1) is 5.92 Å². The molecule has 8 heteroatoms. The minimum atomic E-state index is -0.943. The van der Waals surface area contributed by atoms with Crippen LogP contribution in [0.1, 0.15) is 12.8 Å². The second kappa shape index (κ2) is 6.68. The summed E-state index contributed by atoms with van der Waals surface area (Å²) in [4.78, 5) is 38.6. The summed E-state index contributed by atoms with van der Waals surface area (Å²) in [6.07, 6.45) is 0.703.